The standard InChI is InChI=1S/C22H25N3O8S/c1-5-32-21(28)13-6-8-15(9-7-13)33-12-18(26)24-25-22(34)23-20(27)14-10-16(29-2)19(31-4)17(11-14)30-3/h6-11H,5,12H2,1-4H3,(H,24,26)(H2,23,25,27,34). The Hall–Kier alpha value is -4.06. The Morgan fingerprint density at radius 2 is 1.50 bits per heavy atom. The molecular formula is C22H25N3O8S. The lowest BCUT2D eigenvalue weighted by Gasteiger charge is -2.15. The fourth-order valence-electron chi connectivity index (χ4n) is 2.63. The molecular weight excluding hydrogens is 466 g/mol. The SMILES string of the molecule is CCOC(=O)c1ccc(OCC(=O)NNC(=S)NC(=O)c2cc(OC)c(OC)c(OC)c2)cc1. The normalized spacial score (nSPS) is 9.88. The van der Waals surface area contributed by atoms with E-state index in [1.807, 2.05) is 0 Å². The first kappa shape index (κ1) is 26.2. The van der Waals surface area contributed by atoms with Crippen molar-refractivity contribution in [1.29, 1.82) is 0 Å². The van der Waals surface area contributed by atoms with Gasteiger partial charge in [-0.25, -0.2) is 4.79 Å². The first-order chi connectivity index (χ1) is 16.3. The summed E-state index contributed by atoms with van der Waals surface area (Å²) in [5.74, 6) is -0.259. The summed E-state index contributed by atoms with van der Waals surface area (Å²) in [6.45, 7) is 1.65. The van der Waals surface area contributed by atoms with Crippen LogP contribution in [0.2, 0.25) is 0 Å². The summed E-state index contributed by atoms with van der Waals surface area (Å²) < 4.78 is 25.9. The lowest BCUT2D eigenvalue weighted by molar-refractivity contribution is -0.123. The zero-order valence-corrected chi connectivity index (χ0v) is 19.9. The lowest BCUT2D eigenvalue weighted by Crippen LogP contribution is -2.49. The van der Waals surface area contributed by atoms with E-state index in [2.05, 4.69) is 16.2 Å². The van der Waals surface area contributed by atoms with Crippen LogP contribution in [-0.2, 0) is 9.53 Å². The molecule has 182 valence electrons. The van der Waals surface area contributed by atoms with Crippen LogP contribution in [0.15, 0.2) is 36.4 Å². The van der Waals surface area contributed by atoms with Gasteiger partial charge in [-0.2, -0.15) is 0 Å². The minimum atomic E-state index is -0.566. The van der Waals surface area contributed by atoms with Gasteiger partial charge in [0.15, 0.2) is 23.2 Å². The number of carbonyl (C=O) groups is 3. The van der Waals surface area contributed by atoms with E-state index in [0.29, 0.717) is 28.6 Å². The summed E-state index contributed by atoms with van der Waals surface area (Å²) in [5, 5.41) is 2.28. The van der Waals surface area contributed by atoms with E-state index in [1.165, 1.54) is 57.7 Å². The van der Waals surface area contributed by atoms with Gasteiger partial charge in [-0.05, 0) is 55.5 Å². The Kier molecular flexibility index (Phi) is 9.90. The van der Waals surface area contributed by atoms with E-state index in [1.54, 1.807) is 6.92 Å². The smallest absolute Gasteiger partial charge is 0.338 e. The van der Waals surface area contributed by atoms with E-state index in [9.17, 15) is 14.4 Å². The summed E-state index contributed by atoms with van der Waals surface area (Å²) in [4.78, 5) is 36.1. The zero-order chi connectivity index (χ0) is 25.1. The van der Waals surface area contributed by atoms with Gasteiger partial charge in [-0.1, -0.05) is 0 Å². The van der Waals surface area contributed by atoms with Gasteiger partial charge < -0.3 is 23.7 Å². The Morgan fingerprint density at radius 3 is 2.03 bits per heavy atom. The molecule has 11 nitrogen and oxygen atoms in total. The third-order valence-corrected chi connectivity index (χ3v) is 4.41. The molecule has 0 aromatic heterocycles. The van der Waals surface area contributed by atoms with Crippen LogP contribution in [0.4, 0.5) is 0 Å². The van der Waals surface area contributed by atoms with Crippen LogP contribution < -0.4 is 35.1 Å². The van der Waals surface area contributed by atoms with Crippen LogP contribution in [0.3, 0.4) is 0 Å². The molecule has 0 heterocycles. The predicted molar refractivity (Wildman–Crippen MR) is 125 cm³/mol. The molecule has 3 N–H and O–H groups in total. The molecule has 2 rings (SSSR count). The molecule has 12 heteroatoms. The largest absolute Gasteiger partial charge is 0.493 e. The highest BCUT2D eigenvalue weighted by Crippen LogP contribution is 2.38. The van der Waals surface area contributed by atoms with Gasteiger partial charge in [0.05, 0.1) is 33.5 Å². The number of hydrogen-bond acceptors (Lipinski definition) is 9. The summed E-state index contributed by atoms with van der Waals surface area (Å²) in [7, 11) is 4.30. The van der Waals surface area contributed by atoms with Gasteiger partial charge in [0, 0.05) is 5.56 Å². The van der Waals surface area contributed by atoms with Crippen molar-refractivity contribution in [3.63, 3.8) is 0 Å². The van der Waals surface area contributed by atoms with Crippen molar-refractivity contribution < 1.29 is 38.1 Å². The highest BCUT2D eigenvalue weighted by atomic mass is 32.1. The fourth-order valence-corrected chi connectivity index (χ4v) is 2.78. The molecule has 2 amide bonds. The van der Waals surface area contributed by atoms with Crippen molar-refractivity contribution in [2.45, 2.75) is 6.92 Å². The molecule has 34 heavy (non-hydrogen) atoms. The molecule has 0 aliphatic carbocycles. The quantitative estimate of drug-likeness (QED) is 0.270. The monoisotopic (exact) mass is 491 g/mol. The number of thiocarbonyl (C=S) groups is 1. The van der Waals surface area contributed by atoms with E-state index >= 15 is 0 Å². The van der Waals surface area contributed by atoms with E-state index in [0.717, 1.165) is 0 Å². The minimum Gasteiger partial charge on any atom is -0.493 e. The Labute approximate surface area is 201 Å². The Bertz CT molecular complexity index is 1020. The second-order valence-corrected chi connectivity index (χ2v) is 6.81. The van der Waals surface area contributed by atoms with Crippen LogP contribution >= 0.6 is 12.2 Å². The van der Waals surface area contributed by atoms with E-state index in [-0.39, 0.29) is 23.9 Å². The van der Waals surface area contributed by atoms with Crippen molar-refractivity contribution in [2.75, 3.05) is 34.5 Å². The summed E-state index contributed by atoms with van der Waals surface area (Å²) in [6.07, 6.45) is 0. The zero-order valence-electron chi connectivity index (χ0n) is 19.1. The van der Waals surface area contributed by atoms with E-state index < -0.39 is 17.8 Å². The summed E-state index contributed by atoms with van der Waals surface area (Å²) in [6, 6.07) is 9.04. The van der Waals surface area contributed by atoms with Crippen molar-refractivity contribution in [1.82, 2.24) is 16.2 Å². The Morgan fingerprint density at radius 1 is 0.882 bits per heavy atom. The lowest BCUT2D eigenvalue weighted by atomic mass is 10.1. The number of ether oxygens (including phenoxy) is 5. The number of amides is 2. The van der Waals surface area contributed by atoms with Crippen LogP contribution in [0.5, 0.6) is 23.0 Å². The fraction of sp³-hybridized carbons (Fsp3) is 0.273. The maximum Gasteiger partial charge on any atom is 0.338 e. The molecule has 0 aliphatic rings. The van der Waals surface area contributed by atoms with Gasteiger partial charge in [0.1, 0.15) is 5.75 Å². The average molecular weight is 492 g/mol. The predicted octanol–water partition coefficient (Wildman–Crippen LogP) is 1.60. The van der Waals surface area contributed by atoms with Crippen molar-refractivity contribution in [3.05, 3.63) is 47.5 Å². The van der Waals surface area contributed by atoms with Crippen LogP contribution in [0.1, 0.15) is 27.6 Å². The number of carbonyl (C=O) groups excluding carboxylic acids is 3. The first-order valence-corrected chi connectivity index (χ1v) is 10.3. The maximum atomic E-state index is 12.5. The van der Waals surface area contributed by atoms with Gasteiger partial charge in [-0.15, -0.1) is 0 Å². The van der Waals surface area contributed by atoms with Crippen LogP contribution in [0, 0.1) is 0 Å². The topological polar surface area (TPSA) is 133 Å². The second-order valence-electron chi connectivity index (χ2n) is 6.40. The molecule has 0 atom stereocenters. The number of nitrogens with one attached hydrogen (secondary N) is 3. The highest BCUT2D eigenvalue weighted by molar-refractivity contribution is 7.80. The van der Waals surface area contributed by atoms with Gasteiger partial charge in [-0.3, -0.25) is 25.8 Å². The van der Waals surface area contributed by atoms with Gasteiger partial charge in [0.25, 0.3) is 11.8 Å². The van der Waals surface area contributed by atoms with Crippen LogP contribution in [0.25, 0.3) is 0 Å². The molecule has 0 fully saturated rings. The maximum absolute atomic E-state index is 12.5. The number of methoxy groups -OCH3 is 3. The van der Waals surface area contributed by atoms with Crippen LogP contribution in [-0.4, -0.2) is 57.4 Å². The molecule has 0 radical (unpaired) electrons. The molecule has 0 spiro atoms. The van der Waals surface area contributed by atoms with Gasteiger partial charge in [0.2, 0.25) is 5.75 Å². The van der Waals surface area contributed by atoms with Crippen molar-refractivity contribution in [3.8, 4) is 23.0 Å². The van der Waals surface area contributed by atoms with Crippen molar-refractivity contribution in [2.24, 2.45) is 0 Å². The number of rotatable bonds is 9. The molecule has 2 aromatic carbocycles. The number of benzene rings is 2. The molecule has 0 saturated carbocycles. The molecule has 0 aliphatic heterocycles. The third kappa shape index (κ3) is 7.24. The average Bonchev–Trinajstić information content (AvgIpc) is 2.85. The summed E-state index contributed by atoms with van der Waals surface area (Å²) >= 11 is 5.03. The number of hydrazine groups is 1. The number of esters is 1. The van der Waals surface area contributed by atoms with E-state index in [4.69, 9.17) is 35.9 Å². The summed E-state index contributed by atoms with van der Waals surface area (Å²) in [5.41, 5.74) is 5.28. The first-order valence-electron chi connectivity index (χ1n) is 9.93. The molecule has 0 bridgehead atoms. The van der Waals surface area contributed by atoms with Gasteiger partial charge >= 0.3 is 5.97 Å². The van der Waals surface area contributed by atoms with Crippen molar-refractivity contribution >= 4 is 35.1 Å². The third-order valence-electron chi connectivity index (χ3n) is 4.20. The number of hydrogen-bond donors (Lipinski definition) is 3. The molecule has 0 saturated heterocycles. The molecule has 0 unspecified atom stereocenters. The Balaban J connectivity index is 1.84. The molecule has 2 aromatic rings. The second kappa shape index (κ2) is 12.8. The minimum absolute atomic E-state index is 0.147. The highest BCUT2D eigenvalue weighted by Gasteiger charge is 2.18.